The van der Waals surface area contributed by atoms with Gasteiger partial charge in [0.1, 0.15) is 11.8 Å². The van der Waals surface area contributed by atoms with Gasteiger partial charge in [0.2, 0.25) is 6.79 Å². The van der Waals surface area contributed by atoms with Crippen molar-refractivity contribution in [2.75, 3.05) is 18.8 Å². The summed E-state index contributed by atoms with van der Waals surface area (Å²) in [6.07, 6.45) is 0. The van der Waals surface area contributed by atoms with Crippen molar-refractivity contribution >= 4 is 69.8 Å². The molecule has 188 valence electrons. The van der Waals surface area contributed by atoms with E-state index in [-0.39, 0.29) is 38.0 Å². The lowest BCUT2D eigenvalue weighted by Gasteiger charge is -2.49. The van der Waals surface area contributed by atoms with Crippen molar-refractivity contribution in [3.05, 3.63) is 79.2 Å². The number of fused-ring (bicyclic) bond motifs is 2. The molecule has 0 unspecified atom stereocenters. The highest BCUT2D eigenvalue weighted by Crippen LogP contribution is 2.50. The molecule has 12 heteroatoms. The van der Waals surface area contributed by atoms with Crippen LogP contribution in [0.15, 0.2) is 42.5 Å². The number of hydrogen-bond acceptors (Lipinski definition) is 6. The standard InChI is InChI=1S/C25H14Cl4N2O6/c1-35-12-4-2-3-11(8-12)30-21(10-5-6-13-14(7-10)37-9-36-13)22(25(30)34)31-23(32)15-16(24(31)33)18(27)20(29)19(28)17(15)26/h2-8,21-22H,9H2,1H3/t21-,22-/m0/s1. The Hall–Kier alpha value is -3.17. The summed E-state index contributed by atoms with van der Waals surface area (Å²) in [5.74, 6) is -0.521. The molecule has 3 aliphatic rings. The molecule has 2 atom stereocenters. The Labute approximate surface area is 230 Å². The van der Waals surface area contributed by atoms with Gasteiger partial charge in [-0.25, -0.2) is 0 Å². The Morgan fingerprint density at radius 2 is 1.43 bits per heavy atom. The molecule has 6 rings (SSSR count). The van der Waals surface area contributed by atoms with Crippen LogP contribution in [0.2, 0.25) is 20.1 Å². The maximum atomic E-state index is 13.7. The molecular formula is C25H14Cl4N2O6. The number of methoxy groups -OCH3 is 1. The van der Waals surface area contributed by atoms with E-state index in [2.05, 4.69) is 0 Å². The molecule has 0 radical (unpaired) electrons. The second-order valence-corrected chi connectivity index (χ2v) is 9.91. The summed E-state index contributed by atoms with van der Waals surface area (Å²) in [7, 11) is 1.51. The van der Waals surface area contributed by atoms with Crippen LogP contribution < -0.4 is 19.1 Å². The number of nitrogens with zero attached hydrogens (tertiary/aromatic N) is 2. The molecule has 3 heterocycles. The van der Waals surface area contributed by atoms with E-state index in [4.69, 9.17) is 60.6 Å². The number of imide groups is 1. The van der Waals surface area contributed by atoms with Crippen molar-refractivity contribution in [2.45, 2.75) is 12.1 Å². The minimum atomic E-state index is -1.20. The average Bonchev–Trinajstić information content (AvgIpc) is 3.47. The van der Waals surface area contributed by atoms with Crippen LogP contribution in [0, 0.1) is 0 Å². The summed E-state index contributed by atoms with van der Waals surface area (Å²) < 4.78 is 16.2. The first-order valence-electron chi connectivity index (χ1n) is 10.8. The normalized spacial score (nSPS) is 19.9. The van der Waals surface area contributed by atoms with Crippen molar-refractivity contribution in [3.63, 3.8) is 0 Å². The molecule has 0 aliphatic carbocycles. The Balaban J connectivity index is 1.48. The maximum absolute atomic E-state index is 13.7. The first-order chi connectivity index (χ1) is 17.7. The number of ether oxygens (including phenoxy) is 3. The number of rotatable bonds is 4. The summed E-state index contributed by atoms with van der Waals surface area (Å²) in [4.78, 5) is 43.1. The maximum Gasteiger partial charge on any atom is 0.264 e. The fourth-order valence-electron chi connectivity index (χ4n) is 4.82. The molecule has 0 aromatic heterocycles. The summed E-state index contributed by atoms with van der Waals surface area (Å²) in [6.45, 7) is 0.0579. The SMILES string of the molecule is COc1cccc(N2C(=O)[C@@H](N3C(=O)c4c(Cl)c(Cl)c(Cl)c(Cl)c4C3=O)[C@@H]2c2ccc3c(c2)OCO3)c1. The number of benzene rings is 3. The van der Waals surface area contributed by atoms with Crippen molar-refractivity contribution in [1.82, 2.24) is 4.90 Å². The highest BCUT2D eigenvalue weighted by Gasteiger charge is 2.58. The van der Waals surface area contributed by atoms with Crippen LogP contribution in [-0.2, 0) is 4.79 Å². The van der Waals surface area contributed by atoms with Crippen LogP contribution in [0.4, 0.5) is 5.69 Å². The topological polar surface area (TPSA) is 85.4 Å². The lowest BCUT2D eigenvalue weighted by atomic mass is 9.86. The Bertz CT molecular complexity index is 1500. The van der Waals surface area contributed by atoms with Gasteiger partial charge in [0.05, 0.1) is 44.4 Å². The molecular weight excluding hydrogens is 566 g/mol. The summed E-state index contributed by atoms with van der Waals surface area (Å²) >= 11 is 24.9. The molecule has 0 spiro atoms. The number of carbonyl (C=O) groups is 3. The van der Waals surface area contributed by atoms with Gasteiger partial charge in [-0.3, -0.25) is 19.3 Å². The largest absolute Gasteiger partial charge is 0.497 e. The number of carbonyl (C=O) groups excluding carboxylic acids is 3. The third kappa shape index (κ3) is 3.40. The molecule has 3 amide bonds. The van der Waals surface area contributed by atoms with Crippen molar-refractivity contribution < 1.29 is 28.6 Å². The molecule has 0 bridgehead atoms. The van der Waals surface area contributed by atoms with E-state index in [9.17, 15) is 14.4 Å². The minimum Gasteiger partial charge on any atom is -0.497 e. The average molecular weight is 580 g/mol. The van der Waals surface area contributed by atoms with Gasteiger partial charge in [-0.2, -0.15) is 0 Å². The molecule has 0 saturated carbocycles. The third-order valence-corrected chi connectivity index (χ3v) is 8.35. The van der Waals surface area contributed by atoms with Crippen LogP contribution >= 0.6 is 46.4 Å². The van der Waals surface area contributed by atoms with Crippen molar-refractivity contribution in [3.8, 4) is 17.2 Å². The van der Waals surface area contributed by atoms with Gasteiger partial charge in [0, 0.05) is 11.8 Å². The van der Waals surface area contributed by atoms with Gasteiger partial charge < -0.3 is 19.1 Å². The van der Waals surface area contributed by atoms with E-state index >= 15 is 0 Å². The zero-order chi connectivity index (χ0) is 26.2. The zero-order valence-corrected chi connectivity index (χ0v) is 21.8. The van der Waals surface area contributed by atoms with Gasteiger partial charge >= 0.3 is 0 Å². The van der Waals surface area contributed by atoms with Gasteiger partial charge in [-0.05, 0) is 29.8 Å². The first-order valence-corrected chi connectivity index (χ1v) is 12.4. The quantitative estimate of drug-likeness (QED) is 0.168. The molecule has 1 saturated heterocycles. The molecule has 3 aliphatic heterocycles. The summed E-state index contributed by atoms with van der Waals surface area (Å²) in [5, 5.41) is -0.716. The molecule has 37 heavy (non-hydrogen) atoms. The van der Waals surface area contributed by atoms with E-state index in [1.807, 2.05) is 0 Å². The van der Waals surface area contributed by atoms with E-state index in [1.165, 1.54) is 12.0 Å². The third-order valence-electron chi connectivity index (χ3n) is 6.55. The van der Waals surface area contributed by atoms with Crippen LogP contribution in [0.1, 0.15) is 32.3 Å². The number of β-lactam (4-membered cyclic amide) rings is 1. The highest BCUT2D eigenvalue weighted by atomic mass is 35.5. The van der Waals surface area contributed by atoms with Crippen molar-refractivity contribution in [1.29, 1.82) is 0 Å². The fraction of sp³-hybridized carbons (Fsp3) is 0.160. The Morgan fingerprint density at radius 3 is 2.08 bits per heavy atom. The summed E-state index contributed by atoms with van der Waals surface area (Å²) in [6, 6.07) is 10.1. The second-order valence-electron chi connectivity index (χ2n) is 8.40. The minimum absolute atomic E-state index is 0.0579. The van der Waals surface area contributed by atoms with E-state index in [0.29, 0.717) is 28.5 Å². The first kappa shape index (κ1) is 24.2. The van der Waals surface area contributed by atoms with E-state index in [1.54, 1.807) is 42.5 Å². The van der Waals surface area contributed by atoms with Crippen LogP contribution in [0.3, 0.4) is 0 Å². The Kier molecular flexibility index (Phi) is 5.69. The predicted octanol–water partition coefficient (Wildman–Crippen LogP) is 5.79. The van der Waals surface area contributed by atoms with Crippen LogP contribution in [0.5, 0.6) is 17.2 Å². The number of halogens is 4. The van der Waals surface area contributed by atoms with Gasteiger partial charge in [-0.1, -0.05) is 58.5 Å². The highest BCUT2D eigenvalue weighted by molar-refractivity contribution is 6.55. The summed E-state index contributed by atoms with van der Waals surface area (Å²) in [5.41, 5.74) is 0.745. The monoisotopic (exact) mass is 578 g/mol. The van der Waals surface area contributed by atoms with Crippen LogP contribution in [-0.4, -0.2) is 42.6 Å². The number of hydrogen-bond donors (Lipinski definition) is 0. The predicted molar refractivity (Wildman–Crippen MR) is 137 cm³/mol. The second kappa shape index (κ2) is 8.70. The lowest BCUT2D eigenvalue weighted by Crippen LogP contribution is -2.67. The van der Waals surface area contributed by atoms with Crippen LogP contribution in [0.25, 0.3) is 0 Å². The molecule has 1 fully saturated rings. The van der Waals surface area contributed by atoms with Crippen molar-refractivity contribution in [2.24, 2.45) is 0 Å². The van der Waals surface area contributed by atoms with Gasteiger partial charge in [0.15, 0.2) is 11.5 Å². The molecule has 0 N–H and O–H groups in total. The van der Waals surface area contributed by atoms with Gasteiger partial charge in [0.25, 0.3) is 17.7 Å². The van der Waals surface area contributed by atoms with Gasteiger partial charge in [-0.15, -0.1) is 0 Å². The smallest absolute Gasteiger partial charge is 0.264 e. The number of anilines is 1. The lowest BCUT2D eigenvalue weighted by molar-refractivity contribution is -0.130. The van der Waals surface area contributed by atoms with E-state index in [0.717, 1.165) is 4.90 Å². The fourth-order valence-corrected chi connectivity index (χ4v) is 5.84. The molecule has 8 nitrogen and oxygen atoms in total. The Morgan fingerprint density at radius 1 is 0.784 bits per heavy atom. The van der Waals surface area contributed by atoms with E-state index < -0.39 is 29.8 Å². The zero-order valence-electron chi connectivity index (χ0n) is 18.8. The molecule has 3 aromatic carbocycles. The molecule has 3 aromatic rings. The number of amides is 3.